The molecule has 0 aliphatic heterocycles. The van der Waals surface area contributed by atoms with E-state index in [0.717, 1.165) is 6.42 Å². The molecule has 0 unspecified atom stereocenters. The van der Waals surface area contributed by atoms with Gasteiger partial charge < -0.3 is 5.32 Å². The molecule has 0 heterocycles. The molecule has 0 bridgehead atoms. The van der Waals surface area contributed by atoms with Crippen molar-refractivity contribution in [2.45, 2.75) is 33.2 Å². The summed E-state index contributed by atoms with van der Waals surface area (Å²) in [6.45, 7) is 6.50. The lowest BCUT2D eigenvalue weighted by Gasteiger charge is -2.12. The Morgan fingerprint density at radius 3 is 2.75 bits per heavy atom. The molecule has 0 spiro atoms. The molecule has 1 aromatic rings. The van der Waals surface area contributed by atoms with Crippen LogP contribution in [0.25, 0.3) is 0 Å². The Kier molecular flexibility index (Phi) is 3.15. The van der Waals surface area contributed by atoms with E-state index in [0.29, 0.717) is 6.04 Å². The maximum absolute atomic E-state index is 3.43. The van der Waals surface area contributed by atoms with Gasteiger partial charge in [-0.3, -0.25) is 0 Å². The standard InChI is InChI=1S/C11H17N/c1-4-10(3)12-11-7-5-6-9(2)8-11/h5-8,10,12H,4H2,1-3H3/t10-/m0/s1. The lowest BCUT2D eigenvalue weighted by Crippen LogP contribution is -2.13. The van der Waals surface area contributed by atoms with Gasteiger partial charge in [0.15, 0.2) is 0 Å². The van der Waals surface area contributed by atoms with Gasteiger partial charge in [0.2, 0.25) is 0 Å². The van der Waals surface area contributed by atoms with E-state index in [1.807, 2.05) is 0 Å². The number of hydrogen-bond donors (Lipinski definition) is 1. The van der Waals surface area contributed by atoms with Crippen molar-refractivity contribution < 1.29 is 0 Å². The van der Waals surface area contributed by atoms with Crippen LogP contribution in [0.1, 0.15) is 25.8 Å². The zero-order valence-electron chi connectivity index (χ0n) is 8.09. The van der Waals surface area contributed by atoms with Gasteiger partial charge in [0.25, 0.3) is 0 Å². The van der Waals surface area contributed by atoms with E-state index >= 15 is 0 Å². The predicted octanol–water partition coefficient (Wildman–Crippen LogP) is 3.21. The summed E-state index contributed by atoms with van der Waals surface area (Å²) in [5, 5.41) is 3.43. The number of anilines is 1. The van der Waals surface area contributed by atoms with Gasteiger partial charge >= 0.3 is 0 Å². The summed E-state index contributed by atoms with van der Waals surface area (Å²) in [7, 11) is 0. The van der Waals surface area contributed by atoms with Crippen LogP contribution in [0.5, 0.6) is 0 Å². The monoisotopic (exact) mass is 163 g/mol. The van der Waals surface area contributed by atoms with Crippen molar-refractivity contribution in [2.24, 2.45) is 0 Å². The Morgan fingerprint density at radius 1 is 1.42 bits per heavy atom. The Balaban J connectivity index is 2.63. The fourth-order valence-electron chi connectivity index (χ4n) is 1.12. The lowest BCUT2D eigenvalue weighted by atomic mass is 10.2. The highest BCUT2D eigenvalue weighted by atomic mass is 14.9. The van der Waals surface area contributed by atoms with Crippen molar-refractivity contribution in [3.8, 4) is 0 Å². The van der Waals surface area contributed by atoms with Crippen LogP contribution in [0.3, 0.4) is 0 Å². The van der Waals surface area contributed by atoms with Crippen LogP contribution in [0, 0.1) is 6.92 Å². The number of aryl methyl sites for hydroxylation is 1. The van der Waals surface area contributed by atoms with Crippen molar-refractivity contribution >= 4 is 5.69 Å². The van der Waals surface area contributed by atoms with Gasteiger partial charge in [-0.15, -0.1) is 0 Å². The average molecular weight is 163 g/mol. The second-order valence-corrected chi connectivity index (χ2v) is 3.32. The molecular weight excluding hydrogens is 146 g/mol. The number of rotatable bonds is 3. The molecule has 1 atom stereocenters. The Labute approximate surface area is 74.8 Å². The maximum atomic E-state index is 3.43. The number of hydrogen-bond acceptors (Lipinski definition) is 1. The minimum atomic E-state index is 0.562. The Hall–Kier alpha value is -0.980. The van der Waals surface area contributed by atoms with Gasteiger partial charge in [0.05, 0.1) is 0 Å². The van der Waals surface area contributed by atoms with Crippen LogP contribution < -0.4 is 5.32 Å². The molecule has 0 saturated carbocycles. The molecule has 0 aromatic heterocycles. The van der Waals surface area contributed by atoms with Crippen molar-refractivity contribution in [2.75, 3.05) is 5.32 Å². The van der Waals surface area contributed by atoms with E-state index in [9.17, 15) is 0 Å². The Morgan fingerprint density at radius 2 is 2.17 bits per heavy atom. The molecule has 0 saturated heterocycles. The zero-order valence-corrected chi connectivity index (χ0v) is 8.09. The summed E-state index contributed by atoms with van der Waals surface area (Å²) in [5.41, 5.74) is 2.53. The normalized spacial score (nSPS) is 12.6. The van der Waals surface area contributed by atoms with Gasteiger partial charge in [-0.05, 0) is 38.0 Å². The Bertz CT molecular complexity index is 243. The summed E-state index contributed by atoms with van der Waals surface area (Å²) < 4.78 is 0. The van der Waals surface area contributed by atoms with Crippen LogP contribution in [-0.4, -0.2) is 6.04 Å². The molecular formula is C11H17N. The lowest BCUT2D eigenvalue weighted by molar-refractivity contribution is 0.764. The fourth-order valence-corrected chi connectivity index (χ4v) is 1.12. The summed E-state index contributed by atoms with van der Waals surface area (Å²) in [6, 6.07) is 9.04. The van der Waals surface area contributed by atoms with Gasteiger partial charge in [0, 0.05) is 11.7 Å². The van der Waals surface area contributed by atoms with Crippen molar-refractivity contribution in [1.29, 1.82) is 0 Å². The topological polar surface area (TPSA) is 12.0 Å². The fraction of sp³-hybridized carbons (Fsp3) is 0.455. The van der Waals surface area contributed by atoms with E-state index in [2.05, 4.69) is 50.4 Å². The van der Waals surface area contributed by atoms with E-state index in [1.54, 1.807) is 0 Å². The van der Waals surface area contributed by atoms with Crippen molar-refractivity contribution in [1.82, 2.24) is 0 Å². The average Bonchev–Trinajstić information content (AvgIpc) is 2.04. The van der Waals surface area contributed by atoms with Crippen LogP contribution in [-0.2, 0) is 0 Å². The third kappa shape index (κ3) is 2.57. The first-order chi connectivity index (χ1) is 5.72. The smallest absolute Gasteiger partial charge is 0.0344 e. The molecule has 1 aromatic carbocycles. The molecule has 1 rings (SSSR count). The first kappa shape index (κ1) is 9.11. The highest BCUT2D eigenvalue weighted by Gasteiger charge is 1.97. The summed E-state index contributed by atoms with van der Waals surface area (Å²) in [5.74, 6) is 0. The summed E-state index contributed by atoms with van der Waals surface area (Å²) >= 11 is 0. The molecule has 1 N–H and O–H groups in total. The second kappa shape index (κ2) is 4.15. The van der Waals surface area contributed by atoms with Crippen LogP contribution in [0.4, 0.5) is 5.69 Å². The van der Waals surface area contributed by atoms with Crippen molar-refractivity contribution in [3.05, 3.63) is 29.8 Å². The molecule has 12 heavy (non-hydrogen) atoms. The molecule has 0 fully saturated rings. The number of nitrogens with one attached hydrogen (secondary N) is 1. The third-order valence-electron chi connectivity index (χ3n) is 2.04. The van der Waals surface area contributed by atoms with Crippen LogP contribution in [0.2, 0.25) is 0 Å². The summed E-state index contributed by atoms with van der Waals surface area (Å²) in [6.07, 6.45) is 1.16. The SMILES string of the molecule is CC[C@H](C)Nc1cccc(C)c1. The van der Waals surface area contributed by atoms with E-state index in [1.165, 1.54) is 11.3 Å². The zero-order chi connectivity index (χ0) is 8.97. The van der Waals surface area contributed by atoms with E-state index in [-0.39, 0.29) is 0 Å². The van der Waals surface area contributed by atoms with Gasteiger partial charge in [-0.25, -0.2) is 0 Å². The van der Waals surface area contributed by atoms with Crippen LogP contribution in [0.15, 0.2) is 24.3 Å². The van der Waals surface area contributed by atoms with Crippen molar-refractivity contribution in [3.63, 3.8) is 0 Å². The molecule has 0 aliphatic rings. The van der Waals surface area contributed by atoms with Gasteiger partial charge in [0.1, 0.15) is 0 Å². The summed E-state index contributed by atoms with van der Waals surface area (Å²) in [4.78, 5) is 0. The first-order valence-electron chi connectivity index (χ1n) is 4.55. The second-order valence-electron chi connectivity index (χ2n) is 3.32. The molecule has 1 heteroatoms. The quantitative estimate of drug-likeness (QED) is 0.721. The minimum Gasteiger partial charge on any atom is -0.383 e. The van der Waals surface area contributed by atoms with Gasteiger partial charge in [-0.2, -0.15) is 0 Å². The van der Waals surface area contributed by atoms with Crippen LogP contribution >= 0.6 is 0 Å². The molecule has 0 amide bonds. The van der Waals surface area contributed by atoms with E-state index in [4.69, 9.17) is 0 Å². The largest absolute Gasteiger partial charge is 0.383 e. The molecule has 66 valence electrons. The number of benzene rings is 1. The molecule has 1 nitrogen and oxygen atoms in total. The molecule has 0 aliphatic carbocycles. The first-order valence-corrected chi connectivity index (χ1v) is 4.55. The highest BCUT2D eigenvalue weighted by molar-refractivity contribution is 5.45. The molecule has 0 radical (unpaired) electrons. The minimum absolute atomic E-state index is 0.562. The van der Waals surface area contributed by atoms with Gasteiger partial charge in [-0.1, -0.05) is 19.1 Å². The highest BCUT2D eigenvalue weighted by Crippen LogP contribution is 2.11. The maximum Gasteiger partial charge on any atom is 0.0344 e. The predicted molar refractivity (Wildman–Crippen MR) is 54.6 cm³/mol. The third-order valence-corrected chi connectivity index (χ3v) is 2.04. The van der Waals surface area contributed by atoms with E-state index < -0.39 is 0 Å².